The molecular formula is C19H21NO3. The molecule has 2 aromatic rings. The number of benzene rings is 2. The summed E-state index contributed by atoms with van der Waals surface area (Å²) in [6.45, 7) is 4.32. The lowest BCUT2D eigenvalue weighted by molar-refractivity contribution is -0.143. The molecule has 0 saturated heterocycles. The zero-order valence-corrected chi connectivity index (χ0v) is 13.4. The van der Waals surface area contributed by atoms with Crippen molar-refractivity contribution in [3.63, 3.8) is 0 Å². The van der Waals surface area contributed by atoms with Gasteiger partial charge in [0.2, 0.25) is 0 Å². The molecule has 4 heteroatoms. The number of amides is 1. The molecule has 1 amide bonds. The number of hydrogen-bond acceptors (Lipinski definition) is 3. The van der Waals surface area contributed by atoms with Crippen molar-refractivity contribution in [1.29, 1.82) is 0 Å². The Morgan fingerprint density at radius 1 is 1.00 bits per heavy atom. The molecule has 0 radical (unpaired) electrons. The largest absolute Gasteiger partial charge is 0.460 e. The summed E-state index contributed by atoms with van der Waals surface area (Å²) in [7, 11) is 0. The van der Waals surface area contributed by atoms with Crippen molar-refractivity contribution in [1.82, 2.24) is 5.32 Å². The lowest BCUT2D eigenvalue weighted by Gasteiger charge is -2.08. The second kappa shape index (κ2) is 8.13. The fourth-order valence-corrected chi connectivity index (χ4v) is 2.06. The van der Waals surface area contributed by atoms with Crippen LogP contribution in [0.3, 0.4) is 0 Å². The van der Waals surface area contributed by atoms with Gasteiger partial charge in [-0.25, -0.2) is 0 Å². The van der Waals surface area contributed by atoms with Crippen LogP contribution in [0.4, 0.5) is 0 Å². The third kappa shape index (κ3) is 5.25. The SMILES string of the molecule is CC(C)c1ccc(COC(=O)CNC(=O)c2ccccc2)cc1. The monoisotopic (exact) mass is 311 g/mol. The van der Waals surface area contributed by atoms with E-state index in [9.17, 15) is 9.59 Å². The summed E-state index contributed by atoms with van der Waals surface area (Å²) < 4.78 is 5.16. The molecule has 0 bridgehead atoms. The van der Waals surface area contributed by atoms with Crippen LogP contribution in [0.15, 0.2) is 54.6 Å². The van der Waals surface area contributed by atoms with Crippen LogP contribution in [0.25, 0.3) is 0 Å². The lowest BCUT2D eigenvalue weighted by atomic mass is 10.0. The first kappa shape index (κ1) is 16.7. The Hall–Kier alpha value is -2.62. The highest BCUT2D eigenvalue weighted by Crippen LogP contribution is 2.15. The fraction of sp³-hybridized carbons (Fsp3) is 0.263. The van der Waals surface area contributed by atoms with E-state index < -0.39 is 5.97 Å². The van der Waals surface area contributed by atoms with E-state index >= 15 is 0 Å². The van der Waals surface area contributed by atoms with Gasteiger partial charge in [-0.15, -0.1) is 0 Å². The average molecular weight is 311 g/mol. The number of esters is 1. The maximum Gasteiger partial charge on any atom is 0.325 e. The van der Waals surface area contributed by atoms with Gasteiger partial charge < -0.3 is 10.1 Å². The van der Waals surface area contributed by atoms with Gasteiger partial charge in [-0.2, -0.15) is 0 Å². The van der Waals surface area contributed by atoms with Crippen molar-refractivity contribution >= 4 is 11.9 Å². The Morgan fingerprint density at radius 3 is 2.26 bits per heavy atom. The number of rotatable bonds is 6. The van der Waals surface area contributed by atoms with Crippen molar-refractivity contribution < 1.29 is 14.3 Å². The first-order valence-corrected chi connectivity index (χ1v) is 7.64. The molecule has 0 atom stereocenters. The van der Waals surface area contributed by atoms with Gasteiger partial charge in [0, 0.05) is 5.56 Å². The molecule has 0 unspecified atom stereocenters. The Balaban J connectivity index is 1.76. The first-order chi connectivity index (χ1) is 11.1. The normalized spacial score (nSPS) is 10.4. The van der Waals surface area contributed by atoms with Crippen molar-refractivity contribution in [3.8, 4) is 0 Å². The molecule has 120 valence electrons. The minimum Gasteiger partial charge on any atom is -0.460 e. The van der Waals surface area contributed by atoms with E-state index in [4.69, 9.17) is 4.74 Å². The summed E-state index contributed by atoms with van der Waals surface area (Å²) in [6.07, 6.45) is 0. The molecule has 0 aliphatic carbocycles. The molecule has 1 N–H and O–H groups in total. The van der Waals surface area contributed by atoms with Crippen LogP contribution >= 0.6 is 0 Å². The van der Waals surface area contributed by atoms with E-state index in [0.29, 0.717) is 11.5 Å². The van der Waals surface area contributed by atoms with E-state index in [1.165, 1.54) is 5.56 Å². The van der Waals surface area contributed by atoms with Crippen LogP contribution in [0.2, 0.25) is 0 Å². The predicted molar refractivity (Wildman–Crippen MR) is 89.1 cm³/mol. The van der Waals surface area contributed by atoms with Crippen molar-refractivity contribution in [3.05, 3.63) is 71.3 Å². The second-order valence-corrected chi connectivity index (χ2v) is 5.61. The summed E-state index contributed by atoms with van der Waals surface area (Å²) in [4.78, 5) is 23.5. The molecular weight excluding hydrogens is 290 g/mol. The van der Waals surface area contributed by atoms with E-state index in [1.807, 2.05) is 30.3 Å². The van der Waals surface area contributed by atoms with Crippen LogP contribution in [-0.4, -0.2) is 18.4 Å². The standard InChI is InChI=1S/C19H21NO3/c1-14(2)16-10-8-15(9-11-16)13-23-18(21)12-20-19(22)17-6-4-3-5-7-17/h3-11,14H,12-13H2,1-2H3,(H,20,22). The molecule has 4 nitrogen and oxygen atoms in total. The lowest BCUT2D eigenvalue weighted by Crippen LogP contribution is -2.30. The number of nitrogens with one attached hydrogen (secondary N) is 1. The molecule has 0 heterocycles. The molecule has 0 aliphatic rings. The summed E-state index contributed by atoms with van der Waals surface area (Å²) in [5, 5.41) is 2.55. The number of ether oxygens (including phenoxy) is 1. The third-order valence-corrected chi connectivity index (χ3v) is 3.48. The fourth-order valence-electron chi connectivity index (χ4n) is 2.06. The molecule has 0 spiro atoms. The molecule has 0 fully saturated rings. The minimum atomic E-state index is -0.456. The predicted octanol–water partition coefficient (Wildman–Crippen LogP) is 3.28. The summed E-state index contributed by atoms with van der Waals surface area (Å²) in [5.41, 5.74) is 2.69. The van der Waals surface area contributed by atoms with Gasteiger partial charge in [0.25, 0.3) is 5.91 Å². The molecule has 0 aromatic heterocycles. The van der Waals surface area contributed by atoms with Crippen LogP contribution in [0, 0.1) is 0 Å². The molecule has 0 aliphatic heterocycles. The van der Waals surface area contributed by atoms with E-state index in [2.05, 4.69) is 19.2 Å². The van der Waals surface area contributed by atoms with Crippen molar-refractivity contribution in [2.45, 2.75) is 26.4 Å². The summed E-state index contributed by atoms with van der Waals surface area (Å²) in [5.74, 6) is -0.272. The van der Waals surface area contributed by atoms with E-state index in [1.54, 1.807) is 24.3 Å². The first-order valence-electron chi connectivity index (χ1n) is 7.64. The van der Waals surface area contributed by atoms with E-state index in [-0.39, 0.29) is 19.1 Å². The zero-order valence-electron chi connectivity index (χ0n) is 13.4. The zero-order chi connectivity index (χ0) is 16.7. The number of hydrogen-bond donors (Lipinski definition) is 1. The molecule has 23 heavy (non-hydrogen) atoms. The molecule has 0 saturated carbocycles. The van der Waals surface area contributed by atoms with Gasteiger partial charge in [0.05, 0.1) is 0 Å². The van der Waals surface area contributed by atoms with Gasteiger partial charge in [-0.05, 0) is 29.2 Å². The topological polar surface area (TPSA) is 55.4 Å². The van der Waals surface area contributed by atoms with Crippen LogP contribution in [-0.2, 0) is 16.1 Å². The number of carbonyl (C=O) groups excluding carboxylic acids is 2. The highest BCUT2D eigenvalue weighted by atomic mass is 16.5. The molecule has 2 rings (SSSR count). The maximum absolute atomic E-state index is 11.8. The van der Waals surface area contributed by atoms with Gasteiger partial charge >= 0.3 is 5.97 Å². The Morgan fingerprint density at radius 2 is 1.65 bits per heavy atom. The van der Waals surface area contributed by atoms with Gasteiger partial charge in [0.1, 0.15) is 13.2 Å². The van der Waals surface area contributed by atoms with Gasteiger partial charge in [-0.1, -0.05) is 56.3 Å². The highest BCUT2D eigenvalue weighted by Gasteiger charge is 2.08. The number of carbonyl (C=O) groups is 2. The Labute approximate surface area is 136 Å². The quantitative estimate of drug-likeness (QED) is 0.833. The van der Waals surface area contributed by atoms with E-state index in [0.717, 1.165) is 5.56 Å². The summed E-state index contributed by atoms with van der Waals surface area (Å²) in [6, 6.07) is 16.7. The van der Waals surface area contributed by atoms with Crippen LogP contribution in [0.5, 0.6) is 0 Å². The Kier molecular flexibility index (Phi) is 5.92. The average Bonchev–Trinajstić information content (AvgIpc) is 2.59. The molecule has 2 aromatic carbocycles. The smallest absolute Gasteiger partial charge is 0.325 e. The maximum atomic E-state index is 11.8. The van der Waals surface area contributed by atoms with Gasteiger partial charge in [0.15, 0.2) is 0 Å². The van der Waals surface area contributed by atoms with Gasteiger partial charge in [-0.3, -0.25) is 9.59 Å². The van der Waals surface area contributed by atoms with Crippen LogP contribution in [0.1, 0.15) is 41.3 Å². The van der Waals surface area contributed by atoms with Crippen molar-refractivity contribution in [2.24, 2.45) is 0 Å². The highest BCUT2D eigenvalue weighted by molar-refractivity contribution is 5.95. The second-order valence-electron chi connectivity index (χ2n) is 5.61. The summed E-state index contributed by atoms with van der Waals surface area (Å²) >= 11 is 0. The van der Waals surface area contributed by atoms with Crippen molar-refractivity contribution in [2.75, 3.05) is 6.54 Å². The van der Waals surface area contributed by atoms with Crippen LogP contribution < -0.4 is 5.32 Å². The minimum absolute atomic E-state index is 0.141. The Bertz CT molecular complexity index is 648. The third-order valence-electron chi connectivity index (χ3n) is 3.48.